The number of aliphatic hydroxyl groups is 1. The highest BCUT2D eigenvalue weighted by Crippen LogP contribution is 2.34. The van der Waals surface area contributed by atoms with Crippen LogP contribution in [-0.4, -0.2) is 11.2 Å². The van der Waals surface area contributed by atoms with E-state index in [0.717, 1.165) is 34.2 Å². The van der Waals surface area contributed by atoms with E-state index in [-0.39, 0.29) is 0 Å². The fourth-order valence-corrected chi connectivity index (χ4v) is 2.61. The second-order valence-electron chi connectivity index (χ2n) is 5.43. The molecule has 2 aromatic rings. The van der Waals surface area contributed by atoms with E-state index in [9.17, 15) is 5.11 Å². The van der Waals surface area contributed by atoms with Crippen LogP contribution in [0.2, 0.25) is 0 Å². The summed E-state index contributed by atoms with van der Waals surface area (Å²) >= 11 is 3.45. The van der Waals surface area contributed by atoms with Crippen molar-refractivity contribution < 1.29 is 9.84 Å². The van der Waals surface area contributed by atoms with E-state index >= 15 is 0 Å². The summed E-state index contributed by atoms with van der Waals surface area (Å²) in [6, 6.07) is 15.5. The molecule has 1 atom stereocenters. The zero-order valence-electron chi connectivity index (χ0n) is 11.3. The van der Waals surface area contributed by atoms with Crippen molar-refractivity contribution in [2.45, 2.75) is 31.5 Å². The van der Waals surface area contributed by atoms with Gasteiger partial charge in [0, 0.05) is 4.47 Å². The molecule has 3 rings (SSSR count). The third kappa shape index (κ3) is 2.89. The quantitative estimate of drug-likeness (QED) is 0.907. The fraction of sp³-hybridized carbons (Fsp3) is 0.294. The van der Waals surface area contributed by atoms with Crippen molar-refractivity contribution >= 4 is 15.9 Å². The molecule has 1 N–H and O–H groups in total. The van der Waals surface area contributed by atoms with Crippen LogP contribution in [0.25, 0.3) is 0 Å². The second kappa shape index (κ2) is 5.23. The molecule has 0 aromatic heterocycles. The Hall–Kier alpha value is -1.32. The maximum atomic E-state index is 10.9. The third-order valence-corrected chi connectivity index (χ3v) is 4.10. The number of rotatable bonds is 4. The highest BCUT2D eigenvalue weighted by atomic mass is 79.9. The van der Waals surface area contributed by atoms with Gasteiger partial charge < -0.3 is 9.84 Å². The predicted octanol–water partition coefficient (Wildman–Crippen LogP) is 4.25. The molecule has 0 bridgehead atoms. The highest BCUT2D eigenvalue weighted by molar-refractivity contribution is 9.10. The molecule has 0 heterocycles. The van der Waals surface area contributed by atoms with Crippen LogP contribution in [0.1, 0.15) is 30.9 Å². The Bertz CT molecular complexity index is 618. The van der Waals surface area contributed by atoms with E-state index in [0.29, 0.717) is 6.10 Å². The van der Waals surface area contributed by atoms with Crippen molar-refractivity contribution in [1.29, 1.82) is 0 Å². The van der Waals surface area contributed by atoms with Crippen molar-refractivity contribution in [2.24, 2.45) is 0 Å². The summed E-state index contributed by atoms with van der Waals surface area (Å²) in [4.78, 5) is 0. The van der Waals surface area contributed by atoms with Crippen LogP contribution in [0, 0.1) is 0 Å². The predicted molar refractivity (Wildman–Crippen MR) is 82.9 cm³/mol. The van der Waals surface area contributed by atoms with Crippen LogP contribution < -0.4 is 4.74 Å². The fourth-order valence-electron chi connectivity index (χ4n) is 2.21. The Balaban J connectivity index is 1.93. The van der Waals surface area contributed by atoms with E-state index in [2.05, 4.69) is 15.9 Å². The molecule has 1 aliphatic carbocycles. The molecule has 3 heteroatoms. The number of benzene rings is 2. The Labute approximate surface area is 127 Å². The third-order valence-electron chi connectivity index (χ3n) is 3.61. The average Bonchev–Trinajstić information content (AvgIpc) is 3.23. The normalized spacial score (nSPS) is 17.6. The van der Waals surface area contributed by atoms with Gasteiger partial charge in [0.25, 0.3) is 0 Å². The number of halogens is 1. The minimum atomic E-state index is -1.04. The van der Waals surface area contributed by atoms with Crippen LogP contribution in [0.5, 0.6) is 5.75 Å². The summed E-state index contributed by atoms with van der Waals surface area (Å²) in [5, 5.41) is 10.9. The van der Waals surface area contributed by atoms with Crippen LogP contribution in [0.3, 0.4) is 0 Å². The zero-order chi connectivity index (χ0) is 14.2. The highest BCUT2D eigenvalue weighted by Gasteiger charge is 2.27. The van der Waals surface area contributed by atoms with Gasteiger partial charge in [-0.3, -0.25) is 0 Å². The molecule has 0 amide bonds. The maximum absolute atomic E-state index is 10.9. The molecule has 0 aliphatic heterocycles. The van der Waals surface area contributed by atoms with Gasteiger partial charge >= 0.3 is 0 Å². The summed E-state index contributed by atoms with van der Waals surface area (Å²) < 4.78 is 6.76. The lowest BCUT2D eigenvalue weighted by molar-refractivity contribution is 0.102. The molecular weight excluding hydrogens is 316 g/mol. The first-order valence-corrected chi connectivity index (χ1v) is 7.60. The summed E-state index contributed by atoms with van der Waals surface area (Å²) in [6.07, 6.45) is 2.62. The maximum Gasteiger partial charge on any atom is 0.120 e. The Morgan fingerprint density at radius 3 is 2.40 bits per heavy atom. The van der Waals surface area contributed by atoms with Gasteiger partial charge in [-0.2, -0.15) is 0 Å². The van der Waals surface area contributed by atoms with Crippen molar-refractivity contribution in [3.05, 3.63) is 64.1 Å². The van der Waals surface area contributed by atoms with E-state index in [1.807, 2.05) is 55.5 Å². The smallest absolute Gasteiger partial charge is 0.120 e. The molecule has 20 heavy (non-hydrogen) atoms. The lowest BCUT2D eigenvalue weighted by Crippen LogP contribution is -2.22. The van der Waals surface area contributed by atoms with Crippen LogP contribution >= 0.6 is 15.9 Å². The second-order valence-corrected chi connectivity index (χ2v) is 6.34. The van der Waals surface area contributed by atoms with E-state index < -0.39 is 5.60 Å². The van der Waals surface area contributed by atoms with E-state index in [1.165, 1.54) is 0 Å². The van der Waals surface area contributed by atoms with Crippen molar-refractivity contribution in [2.75, 3.05) is 0 Å². The van der Waals surface area contributed by atoms with Gasteiger partial charge in [0.2, 0.25) is 0 Å². The largest absolute Gasteiger partial charge is 0.490 e. The van der Waals surface area contributed by atoms with E-state index in [4.69, 9.17) is 4.74 Å². The topological polar surface area (TPSA) is 29.5 Å². The SMILES string of the molecule is CC(O)(c1cccc(Br)c1)c1cccc(OC2CC2)c1. The van der Waals surface area contributed by atoms with Gasteiger partial charge in [-0.1, -0.05) is 40.2 Å². The first-order chi connectivity index (χ1) is 9.55. The number of hydrogen-bond acceptors (Lipinski definition) is 2. The first kappa shape index (κ1) is 13.7. The van der Waals surface area contributed by atoms with Crippen molar-refractivity contribution in [3.8, 4) is 5.75 Å². The van der Waals surface area contributed by atoms with Crippen molar-refractivity contribution in [1.82, 2.24) is 0 Å². The molecule has 1 saturated carbocycles. The van der Waals surface area contributed by atoms with Crippen molar-refractivity contribution in [3.63, 3.8) is 0 Å². The molecule has 0 spiro atoms. The number of hydrogen-bond donors (Lipinski definition) is 1. The lowest BCUT2D eigenvalue weighted by atomic mass is 9.88. The summed E-state index contributed by atoms with van der Waals surface area (Å²) in [5.41, 5.74) is 0.663. The summed E-state index contributed by atoms with van der Waals surface area (Å²) in [6.45, 7) is 1.81. The molecule has 1 unspecified atom stereocenters. The van der Waals surface area contributed by atoms with Gasteiger partial charge in [0.1, 0.15) is 11.4 Å². The van der Waals surface area contributed by atoms with Crippen LogP contribution in [0.4, 0.5) is 0 Å². The minimum absolute atomic E-state index is 0.362. The van der Waals surface area contributed by atoms with Gasteiger partial charge in [-0.25, -0.2) is 0 Å². The van der Waals surface area contributed by atoms with Gasteiger partial charge in [0.15, 0.2) is 0 Å². The lowest BCUT2D eigenvalue weighted by Gasteiger charge is -2.25. The molecule has 1 aliphatic rings. The van der Waals surface area contributed by atoms with Crippen LogP contribution in [0.15, 0.2) is 53.0 Å². The Morgan fingerprint density at radius 2 is 1.75 bits per heavy atom. The monoisotopic (exact) mass is 332 g/mol. The Morgan fingerprint density at radius 1 is 1.10 bits per heavy atom. The van der Waals surface area contributed by atoms with Crippen LogP contribution in [-0.2, 0) is 5.60 Å². The number of ether oxygens (including phenoxy) is 1. The summed E-state index contributed by atoms with van der Waals surface area (Å²) in [7, 11) is 0. The summed E-state index contributed by atoms with van der Waals surface area (Å²) in [5.74, 6) is 0.834. The van der Waals surface area contributed by atoms with Gasteiger partial charge in [-0.15, -0.1) is 0 Å². The zero-order valence-corrected chi connectivity index (χ0v) is 12.9. The van der Waals surface area contributed by atoms with E-state index in [1.54, 1.807) is 0 Å². The molecule has 104 valence electrons. The minimum Gasteiger partial charge on any atom is -0.490 e. The van der Waals surface area contributed by atoms with Gasteiger partial charge in [-0.05, 0) is 55.2 Å². The molecule has 2 aromatic carbocycles. The Kier molecular flexibility index (Phi) is 3.57. The average molecular weight is 333 g/mol. The standard InChI is InChI=1S/C17H17BrO2/c1-17(19,12-4-2-6-14(18)10-12)13-5-3-7-16(11-13)20-15-8-9-15/h2-7,10-11,15,19H,8-9H2,1H3. The molecule has 2 nitrogen and oxygen atoms in total. The molecule has 1 fully saturated rings. The molecule has 0 saturated heterocycles. The first-order valence-electron chi connectivity index (χ1n) is 6.81. The molecule has 0 radical (unpaired) electrons. The molecular formula is C17H17BrO2. The van der Waals surface area contributed by atoms with Gasteiger partial charge in [0.05, 0.1) is 6.10 Å².